The van der Waals surface area contributed by atoms with Gasteiger partial charge in [-0.05, 0) is 107 Å². The van der Waals surface area contributed by atoms with Crippen molar-refractivity contribution in [3.05, 3.63) is 168 Å². The molecule has 9 nitrogen and oxygen atoms in total. The summed E-state index contributed by atoms with van der Waals surface area (Å²) < 4.78 is 67.6. The molecule has 0 saturated heterocycles. The fraction of sp³-hybridized carbons (Fsp3) is 0. The summed E-state index contributed by atoms with van der Waals surface area (Å²) >= 11 is 0. The van der Waals surface area contributed by atoms with Gasteiger partial charge >= 0.3 is 29.6 Å². The van der Waals surface area contributed by atoms with Crippen molar-refractivity contribution in [3.8, 4) is 0 Å². The Morgan fingerprint density at radius 3 is 1.22 bits per heavy atom. The molecule has 5 aromatic carbocycles. The van der Waals surface area contributed by atoms with Crippen molar-refractivity contribution >= 4 is 60.0 Å². The molecule has 12 heteroatoms. The second-order valence-electron chi connectivity index (χ2n) is 10.8. The molecular formula is C37H28N3NaO6S2. The van der Waals surface area contributed by atoms with E-state index < -0.39 is 20.2 Å². The number of hydrogen-bond donors (Lipinski definition) is 3. The molecule has 5 aromatic rings. The molecular weight excluding hydrogens is 670 g/mol. The van der Waals surface area contributed by atoms with Crippen LogP contribution in [0.2, 0.25) is 0 Å². The van der Waals surface area contributed by atoms with Gasteiger partial charge < -0.3 is 19.7 Å². The molecule has 6 rings (SSSR count). The number of allylic oxidation sites excluding steroid dienone is 5. The summed E-state index contributed by atoms with van der Waals surface area (Å²) in [5.74, 6) is 0. The molecule has 0 heterocycles. The summed E-state index contributed by atoms with van der Waals surface area (Å²) in [5.41, 5.74) is 8.60. The molecule has 3 N–H and O–H groups in total. The fourth-order valence-corrected chi connectivity index (χ4v) is 6.03. The second kappa shape index (κ2) is 15.3. The molecule has 0 amide bonds. The third kappa shape index (κ3) is 9.31. The molecule has 1 aliphatic carbocycles. The normalized spacial score (nSPS) is 12.6. The number of hydrogen-bond acceptors (Lipinski definition) is 8. The first-order valence-electron chi connectivity index (χ1n) is 14.7. The predicted molar refractivity (Wildman–Crippen MR) is 185 cm³/mol. The molecule has 0 fully saturated rings. The van der Waals surface area contributed by atoms with Crippen LogP contribution in [0, 0.1) is 0 Å². The molecule has 240 valence electrons. The minimum Gasteiger partial charge on any atom is -0.744 e. The van der Waals surface area contributed by atoms with E-state index in [1.54, 1.807) is 0 Å². The number of para-hydroxylation sites is 1. The van der Waals surface area contributed by atoms with Gasteiger partial charge in [0.2, 0.25) is 11.4 Å². The minimum atomic E-state index is -4.52. The van der Waals surface area contributed by atoms with E-state index in [1.807, 2.05) is 91.0 Å². The molecule has 0 bridgehead atoms. The monoisotopic (exact) mass is 697 g/mol. The summed E-state index contributed by atoms with van der Waals surface area (Å²) in [6.07, 6.45) is 8.14. The van der Waals surface area contributed by atoms with Gasteiger partial charge in [0, 0.05) is 47.0 Å². The summed E-state index contributed by atoms with van der Waals surface area (Å²) in [6, 6.07) is 36.8. The van der Waals surface area contributed by atoms with Gasteiger partial charge in [-0.25, -0.2) is 21.8 Å². The molecule has 0 saturated carbocycles. The first-order chi connectivity index (χ1) is 23.0. The van der Waals surface area contributed by atoms with Crippen LogP contribution < -0.4 is 45.2 Å². The van der Waals surface area contributed by atoms with Gasteiger partial charge in [0.25, 0.3) is 0 Å². The Bertz CT molecular complexity index is 2140. The summed E-state index contributed by atoms with van der Waals surface area (Å²) in [5, 5.41) is 6.46. The Morgan fingerprint density at radius 2 is 0.857 bits per heavy atom. The summed E-state index contributed by atoms with van der Waals surface area (Å²) in [4.78, 5) is 2.83. The van der Waals surface area contributed by atoms with Crippen molar-refractivity contribution in [3.63, 3.8) is 0 Å². The van der Waals surface area contributed by atoms with Crippen LogP contribution in [0.15, 0.2) is 167 Å². The van der Waals surface area contributed by atoms with Crippen molar-refractivity contribution in [1.82, 2.24) is 0 Å². The second-order valence-corrected chi connectivity index (χ2v) is 13.6. The molecule has 0 spiro atoms. The molecule has 0 atom stereocenters. The molecule has 0 aromatic heterocycles. The van der Waals surface area contributed by atoms with E-state index in [9.17, 15) is 25.9 Å². The van der Waals surface area contributed by atoms with E-state index in [2.05, 4.69) is 27.8 Å². The van der Waals surface area contributed by atoms with E-state index >= 15 is 0 Å². The largest absolute Gasteiger partial charge is 1.00 e. The maximum absolute atomic E-state index is 11.3. The smallest absolute Gasteiger partial charge is 0.744 e. The zero-order chi connectivity index (χ0) is 33.7. The van der Waals surface area contributed by atoms with Gasteiger partial charge in [-0.1, -0.05) is 42.5 Å². The minimum absolute atomic E-state index is 0. The van der Waals surface area contributed by atoms with Gasteiger partial charge in [-0.2, -0.15) is 0 Å². The summed E-state index contributed by atoms with van der Waals surface area (Å²) in [6.45, 7) is 0. The van der Waals surface area contributed by atoms with Gasteiger partial charge in [0.05, 0.1) is 9.79 Å². The Labute approximate surface area is 307 Å². The molecule has 0 radical (unpaired) electrons. The third-order valence-corrected chi connectivity index (χ3v) is 9.15. The van der Waals surface area contributed by atoms with Crippen LogP contribution >= 0.6 is 0 Å². The Balaban J connectivity index is 0.00000468. The van der Waals surface area contributed by atoms with Crippen LogP contribution in [0.4, 0.5) is 28.4 Å². The van der Waals surface area contributed by atoms with E-state index in [0.717, 1.165) is 45.0 Å². The van der Waals surface area contributed by atoms with E-state index in [-0.39, 0.29) is 39.3 Å². The maximum atomic E-state index is 11.3. The number of anilines is 4. The Morgan fingerprint density at radius 1 is 0.490 bits per heavy atom. The van der Waals surface area contributed by atoms with Gasteiger partial charge in [0.15, 0.2) is 0 Å². The fourth-order valence-electron chi connectivity index (χ4n) is 5.09. The van der Waals surface area contributed by atoms with Crippen LogP contribution in [-0.2, 0) is 20.2 Å². The van der Waals surface area contributed by atoms with Crippen LogP contribution in [0.3, 0.4) is 0 Å². The molecule has 49 heavy (non-hydrogen) atoms. The van der Waals surface area contributed by atoms with Gasteiger partial charge in [-0.3, -0.25) is 0 Å². The van der Waals surface area contributed by atoms with Crippen molar-refractivity contribution in [1.29, 1.82) is 0 Å². The topological polar surface area (TPSA) is 152 Å². The van der Waals surface area contributed by atoms with Crippen LogP contribution in [-0.4, -0.2) is 31.7 Å². The quantitative estimate of drug-likeness (QED) is 0.157. The van der Waals surface area contributed by atoms with E-state index in [1.165, 1.54) is 48.5 Å². The molecule has 1 aliphatic rings. The zero-order valence-electron chi connectivity index (χ0n) is 26.2. The number of rotatable bonds is 9. The standard InChI is InChI=1S/C37H29N3O6S2.Na/c41-47(42,43)35-22-18-33(19-23-35)39-31-14-8-27(9-15-31)37(26-6-12-30(13-7-26)38-29-4-2-1-3-5-29)28-10-16-32(17-11-28)40-34-20-24-36(25-21-34)48(44,45)46;/h1-25,39-40H,(H,41,42,43)(H,44,45,46);/q;+1/p-1. The van der Waals surface area contributed by atoms with Crippen molar-refractivity contribution < 1.29 is 60.5 Å². The van der Waals surface area contributed by atoms with Crippen LogP contribution in [0.5, 0.6) is 0 Å². The first kappa shape index (κ1) is 35.7. The van der Waals surface area contributed by atoms with Gasteiger partial charge in [-0.15, -0.1) is 0 Å². The third-order valence-electron chi connectivity index (χ3n) is 7.45. The number of nitrogens with one attached hydrogen (secondary N) is 3. The first-order valence-corrected chi connectivity index (χ1v) is 17.5. The van der Waals surface area contributed by atoms with E-state index in [4.69, 9.17) is 0 Å². The van der Waals surface area contributed by atoms with Crippen molar-refractivity contribution in [2.24, 2.45) is 0 Å². The summed E-state index contributed by atoms with van der Waals surface area (Å²) in [7, 11) is -9.05. The predicted octanol–water partition coefficient (Wildman–Crippen LogP) is 2.77. The van der Waals surface area contributed by atoms with E-state index in [0.29, 0.717) is 11.4 Å². The SMILES string of the molecule is O=S(=O)([O-])c1ccc(Nc2ccc(C(=C3C=CC(=[NH+]c4ccccc4)C=C3)c3ccc(Nc4ccc(S(=O)(=O)[O-])cc4)cc3)cc2)cc1.[Na+]. The van der Waals surface area contributed by atoms with Crippen LogP contribution in [0.25, 0.3) is 5.57 Å². The number of benzene rings is 5. The van der Waals surface area contributed by atoms with Gasteiger partial charge in [0.1, 0.15) is 20.2 Å². The average Bonchev–Trinajstić information content (AvgIpc) is 3.07. The van der Waals surface area contributed by atoms with Crippen molar-refractivity contribution in [2.45, 2.75) is 9.79 Å². The zero-order valence-corrected chi connectivity index (χ0v) is 29.8. The van der Waals surface area contributed by atoms with Crippen LogP contribution in [0.1, 0.15) is 11.1 Å². The average molecular weight is 698 g/mol. The Kier molecular flexibility index (Phi) is 11.2. The Hall–Kier alpha value is -4.59. The maximum Gasteiger partial charge on any atom is 1.00 e. The molecule has 0 unspecified atom stereocenters. The molecule has 0 aliphatic heterocycles. The van der Waals surface area contributed by atoms with Crippen molar-refractivity contribution in [2.75, 3.05) is 10.6 Å².